The van der Waals surface area contributed by atoms with Gasteiger partial charge in [-0.05, 0) is 47.5 Å². The zero-order valence-electron chi connectivity index (χ0n) is 10.2. The van der Waals surface area contributed by atoms with Gasteiger partial charge in [0.15, 0.2) is 5.76 Å². The van der Waals surface area contributed by atoms with E-state index in [1.807, 2.05) is 19.9 Å². The molecule has 5 heteroatoms. The van der Waals surface area contributed by atoms with Crippen molar-refractivity contribution < 1.29 is 8.91 Å². The Morgan fingerprint density at radius 1 is 1.44 bits per heavy atom. The molecule has 2 aromatic rings. The first-order chi connectivity index (χ1) is 8.56. The molecule has 0 bridgehead atoms. The molecule has 18 heavy (non-hydrogen) atoms. The maximum Gasteiger partial charge on any atom is 0.150 e. The van der Waals surface area contributed by atoms with Crippen LogP contribution in [0.4, 0.5) is 4.39 Å². The van der Waals surface area contributed by atoms with E-state index in [4.69, 9.17) is 4.52 Å². The highest BCUT2D eigenvalue weighted by molar-refractivity contribution is 9.10. The van der Waals surface area contributed by atoms with Crippen LogP contribution in [-0.4, -0.2) is 5.16 Å². The van der Waals surface area contributed by atoms with E-state index < -0.39 is 0 Å². The van der Waals surface area contributed by atoms with Gasteiger partial charge in [-0.1, -0.05) is 11.2 Å². The van der Waals surface area contributed by atoms with Crippen LogP contribution in [0, 0.1) is 12.7 Å². The van der Waals surface area contributed by atoms with Gasteiger partial charge in [0, 0.05) is 12.1 Å². The number of hydrogen-bond donors (Lipinski definition) is 1. The third-order valence-corrected chi connectivity index (χ3v) is 3.31. The quantitative estimate of drug-likeness (QED) is 0.934. The molecule has 1 heterocycles. The highest BCUT2D eigenvalue weighted by atomic mass is 79.9. The lowest BCUT2D eigenvalue weighted by atomic mass is 10.1. The van der Waals surface area contributed by atoms with Crippen LogP contribution in [0.2, 0.25) is 0 Å². The van der Waals surface area contributed by atoms with Crippen molar-refractivity contribution in [3.05, 3.63) is 51.6 Å². The van der Waals surface area contributed by atoms with E-state index in [2.05, 4.69) is 26.4 Å². The Morgan fingerprint density at radius 2 is 2.22 bits per heavy atom. The summed E-state index contributed by atoms with van der Waals surface area (Å²) in [5.41, 5.74) is 1.88. The Labute approximate surface area is 113 Å². The number of hydrogen-bond acceptors (Lipinski definition) is 3. The summed E-state index contributed by atoms with van der Waals surface area (Å²) in [5.74, 6) is 0.539. The Balaban J connectivity index is 1.99. The number of halogens is 2. The van der Waals surface area contributed by atoms with Gasteiger partial charge in [-0.25, -0.2) is 4.39 Å². The lowest BCUT2D eigenvalue weighted by Gasteiger charge is -2.13. The molecule has 1 aromatic carbocycles. The second kappa shape index (κ2) is 5.63. The molecule has 1 atom stereocenters. The van der Waals surface area contributed by atoms with Gasteiger partial charge in [0.05, 0.1) is 16.7 Å². The largest absolute Gasteiger partial charge is 0.360 e. The van der Waals surface area contributed by atoms with Gasteiger partial charge in [0.1, 0.15) is 5.82 Å². The second-order valence-corrected chi connectivity index (χ2v) is 5.07. The summed E-state index contributed by atoms with van der Waals surface area (Å²) in [6.07, 6.45) is 0. The molecule has 0 amide bonds. The van der Waals surface area contributed by atoms with Crippen LogP contribution >= 0.6 is 15.9 Å². The molecule has 0 aliphatic heterocycles. The third-order valence-electron chi connectivity index (χ3n) is 2.70. The predicted molar refractivity (Wildman–Crippen MR) is 70.6 cm³/mol. The molecule has 3 nitrogen and oxygen atoms in total. The minimum Gasteiger partial charge on any atom is -0.360 e. The molecule has 0 radical (unpaired) electrons. The first kappa shape index (κ1) is 13.2. The number of nitrogens with zero attached hydrogens (tertiary/aromatic N) is 1. The van der Waals surface area contributed by atoms with Crippen molar-refractivity contribution >= 4 is 15.9 Å². The van der Waals surface area contributed by atoms with Crippen molar-refractivity contribution in [2.75, 3.05) is 0 Å². The molecule has 1 N–H and O–H groups in total. The van der Waals surface area contributed by atoms with Crippen molar-refractivity contribution in [2.24, 2.45) is 0 Å². The normalized spacial score (nSPS) is 12.7. The molecular formula is C13H14BrFN2O. The number of rotatable bonds is 4. The molecule has 0 aliphatic rings. The van der Waals surface area contributed by atoms with Gasteiger partial charge < -0.3 is 9.84 Å². The molecule has 0 fully saturated rings. The fraction of sp³-hybridized carbons (Fsp3) is 0.308. The lowest BCUT2D eigenvalue weighted by molar-refractivity contribution is 0.363. The van der Waals surface area contributed by atoms with Crippen LogP contribution in [0.1, 0.15) is 30.0 Å². The van der Waals surface area contributed by atoms with E-state index in [0.29, 0.717) is 11.0 Å². The smallest absolute Gasteiger partial charge is 0.150 e. The maximum absolute atomic E-state index is 13.1. The van der Waals surface area contributed by atoms with Crippen LogP contribution in [0.5, 0.6) is 0 Å². The van der Waals surface area contributed by atoms with Gasteiger partial charge in [0.2, 0.25) is 0 Å². The zero-order chi connectivity index (χ0) is 13.1. The average Bonchev–Trinajstić information content (AvgIpc) is 2.75. The summed E-state index contributed by atoms with van der Waals surface area (Å²) < 4.78 is 18.7. The molecule has 1 unspecified atom stereocenters. The molecule has 96 valence electrons. The molecule has 2 rings (SSSR count). The number of benzene rings is 1. The fourth-order valence-electron chi connectivity index (χ4n) is 1.65. The predicted octanol–water partition coefficient (Wildman–Crippen LogP) is 3.74. The van der Waals surface area contributed by atoms with Crippen molar-refractivity contribution in [1.82, 2.24) is 10.5 Å². The van der Waals surface area contributed by atoms with E-state index in [0.717, 1.165) is 17.0 Å². The van der Waals surface area contributed by atoms with Crippen LogP contribution in [0.25, 0.3) is 0 Å². The van der Waals surface area contributed by atoms with Crippen LogP contribution in [0.3, 0.4) is 0 Å². The lowest BCUT2D eigenvalue weighted by Crippen LogP contribution is -2.17. The van der Waals surface area contributed by atoms with Crippen molar-refractivity contribution in [1.29, 1.82) is 0 Å². The molecular weight excluding hydrogens is 299 g/mol. The van der Waals surface area contributed by atoms with E-state index in [-0.39, 0.29) is 11.9 Å². The van der Waals surface area contributed by atoms with E-state index in [1.54, 1.807) is 12.1 Å². The summed E-state index contributed by atoms with van der Waals surface area (Å²) in [5, 5.41) is 7.12. The number of aromatic nitrogens is 1. The SMILES string of the molecule is Cc1cc(CNC(C)c2ccc(F)c(Br)c2)on1. The zero-order valence-corrected chi connectivity index (χ0v) is 11.8. The van der Waals surface area contributed by atoms with Crippen molar-refractivity contribution in [3.8, 4) is 0 Å². The van der Waals surface area contributed by atoms with Crippen LogP contribution in [0.15, 0.2) is 33.3 Å². The topological polar surface area (TPSA) is 38.1 Å². The highest BCUT2D eigenvalue weighted by Crippen LogP contribution is 2.21. The van der Waals surface area contributed by atoms with E-state index >= 15 is 0 Å². The summed E-state index contributed by atoms with van der Waals surface area (Å²) in [6, 6.07) is 6.99. The molecule has 0 saturated heterocycles. The first-order valence-electron chi connectivity index (χ1n) is 5.67. The number of nitrogens with one attached hydrogen (secondary N) is 1. The summed E-state index contributed by atoms with van der Waals surface area (Å²) >= 11 is 3.18. The van der Waals surface area contributed by atoms with Gasteiger partial charge >= 0.3 is 0 Å². The van der Waals surface area contributed by atoms with Gasteiger partial charge in [-0.3, -0.25) is 0 Å². The van der Waals surface area contributed by atoms with Crippen molar-refractivity contribution in [3.63, 3.8) is 0 Å². The Kier molecular flexibility index (Phi) is 4.14. The fourth-order valence-corrected chi connectivity index (χ4v) is 2.05. The van der Waals surface area contributed by atoms with Gasteiger partial charge in [0.25, 0.3) is 0 Å². The van der Waals surface area contributed by atoms with E-state index in [9.17, 15) is 4.39 Å². The summed E-state index contributed by atoms with van der Waals surface area (Å²) in [7, 11) is 0. The van der Waals surface area contributed by atoms with Gasteiger partial charge in [-0.2, -0.15) is 0 Å². The van der Waals surface area contributed by atoms with Crippen LogP contribution < -0.4 is 5.32 Å². The van der Waals surface area contributed by atoms with Crippen molar-refractivity contribution in [2.45, 2.75) is 26.4 Å². The minimum atomic E-state index is -0.253. The molecule has 0 spiro atoms. The Hall–Kier alpha value is -1.20. The summed E-state index contributed by atoms with van der Waals surface area (Å²) in [4.78, 5) is 0. The second-order valence-electron chi connectivity index (χ2n) is 4.21. The maximum atomic E-state index is 13.1. The minimum absolute atomic E-state index is 0.104. The average molecular weight is 313 g/mol. The number of aryl methyl sites for hydroxylation is 1. The summed E-state index contributed by atoms with van der Waals surface area (Å²) in [6.45, 7) is 4.49. The monoisotopic (exact) mass is 312 g/mol. The Bertz CT molecular complexity index is 542. The molecule has 0 aliphatic carbocycles. The molecule has 0 saturated carbocycles. The highest BCUT2D eigenvalue weighted by Gasteiger charge is 2.09. The Morgan fingerprint density at radius 3 is 2.83 bits per heavy atom. The first-order valence-corrected chi connectivity index (χ1v) is 6.46. The molecule has 1 aromatic heterocycles. The standard InChI is InChI=1S/C13H14BrFN2O/c1-8-5-11(18-17-8)7-16-9(2)10-3-4-13(15)12(14)6-10/h3-6,9,16H,7H2,1-2H3. The van der Waals surface area contributed by atoms with Gasteiger partial charge in [-0.15, -0.1) is 0 Å². The van der Waals surface area contributed by atoms with E-state index in [1.165, 1.54) is 6.07 Å². The third kappa shape index (κ3) is 3.17. The van der Waals surface area contributed by atoms with Crippen LogP contribution in [-0.2, 0) is 6.54 Å².